The normalized spacial score (nSPS) is 19.5. The van der Waals surface area contributed by atoms with Crippen LogP contribution in [0.15, 0.2) is 48.5 Å². The third-order valence-electron chi connectivity index (χ3n) is 5.74. The Kier molecular flexibility index (Phi) is 4.32. The highest BCUT2D eigenvalue weighted by Gasteiger charge is 2.29. The predicted molar refractivity (Wildman–Crippen MR) is 111 cm³/mol. The Bertz CT molecular complexity index is 949. The van der Waals surface area contributed by atoms with Gasteiger partial charge >= 0.3 is 0 Å². The lowest BCUT2D eigenvalue weighted by atomic mass is 9.98. The smallest absolute Gasteiger partial charge is 0.242 e. The van der Waals surface area contributed by atoms with E-state index in [1.54, 1.807) is 11.3 Å². The molecule has 27 heavy (non-hydrogen) atoms. The molecule has 2 aromatic carbocycles. The maximum absolute atomic E-state index is 13.0. The SMILES string of the molecule is O=C(CN1CCc2ccccc21)N1CCC[C@@H](c2nc3ccccc3s2)C1. The predicted octanol–water partition coefficient (Wildman–Crippen LogP) is 4.07. The highest BCUT2D eigenvalue weighted by atomic mass is 32.1. The standard InChI is InChI=1S/C22H23N3OS/c26-21(15-24-13-11-16-6-1-3-9-19(16)24)25-12-5-7-17(14-25)22-23-18-8-2-4-10-20(18)27-22/h1-4,6,8-10,17H,5,7,11-15H2/t17-/m1/s1. The molecule has 2 aliphatic rings. The Morgan fingerprint density at radius 2 is 1.96 bits per heavy atom. The lowest BCUT2D eigenvalue weighted by Crippen LogP contribution is -2.44. The summed E-state index contributed by atoms with van der Waals surface area (Å²) in [5.74, 6) is 0.614. The van der Waals surface area contributed by atoms with Crippen LogP contribution in [0.1, 0.15) is 29.3 Å². The zero-order valence-electron chi connectivity index (χ0n) is 15.3. The van der Waals surface area contributed by atoms with Gasteiger partial charge in [-0.15, -0.1) is 11.3 Å². The molecule has 0 bridgehead atoms. The molecule has 5 heteroatoms. The molecule has 3 heterocycles. The van der Waals surface area contributed by atoms with Gasteiger partial charge in [-0.2, -0.15) is 0 Å². The first-order chi connectivity index (χ1) is 13.3. The van der Waals surface area contributed by atoms with Crippen LogP contribution in [-0.4, -0.2) is 42.0 Å². The third kappa shape index (κ3) is 3.21. The first kappa shape index (κ1) is 16.8. The fourth-order valence-electron chi connectivity index (χ4n) is 4.30. The summed E-state index contributed by atoms with van der Waals surface area (Å²) >= 11 is 1.78. The number of anilines is 1. The fraction of sp³-hybridized carbons (Fsp3) is 0.364. The molecule has 0 spiro atoms. The largest absolute Gasteiger partial charge is 0.362 e. The van der Waals surface area contributed by atoms with E-state index in [0.717, 1.165) is 44.4 Å². The van der Waals surface area contributed by atoms with Crippen molar-refractivity contribution in [2.75, 3.05) is 31.1 Å². The average molecular weight is 378 g/mol. The van der Waals surface area contributed by atoms with Crippen LogP contribution in [0.2, 0.25) is 0 Å². The zero-order valence-corrected chi connectivity index (χ0v) is 16.1. The average Bonchev–Trinajstić information content (AvgIpc) is 3.32. The van der Waals surface area contributed by atoms with Gasteiger partial charge in [0.05, 0.1) is 21.8 Å². The Hall–Kier alpha value is -2.40. The summed E-state index contributed by atoms with van der Waals surface area (Å²) in [4.78, 5) is 22.1. The van der Waals surface area contributed by atoms with Gasteiger partial charge in [-0.3, -0.25) is 4.79 Å². The molecule has 0 aliphatic carbocycles. The van der Waals surface area contributed by atoms with E-state index >= 15 is 0 Å². The number of piperidine rings is 1. The molecule has 2 aliphatic heterocycles. The minimum absolute atomic E-state index is 0.248. The topological polar surface area (TPSA) is 36.4 Å². The van der Waals surface area contributed by atoms with Gasteiger partial charge in [0.15, 0.2) is 0 Å². The number of thiazole rings is 1. The molecule has 4 nitrogen and oxygen atoms in total. The Labute approximate surface area is 163 Å². The minimum atomic E-state index is 0.248. The van der Waals surface area contributed by atoms with Crippen molar-refractivity contribution < 1.29 is 4.79 Å². The molecule has 1 fully saturated rings. The highest BCUT2D eigenvalue weighted by Crippen LogP contribution is 2.33. The molecular formula is C22H23N3OS. The van der Waals surface area contributed by atoms with Gasteiger partial charge in [0, 0.05) is 31.2 Å². The van der Waals surface area contributed by atoms with Crippen molar-refractivity contribution in [1.29, 1.82) is 0 Å². The van der Waals surface area contributed by atoms with E-state index in [1.807, 2.05) is 6.07 Å². The molecule has 1 aromatic heterocycles. The van der Waals surface area contributed by atoms with Gasteiger partial charge in [-0.05, 0) is 43.0 Å². The van der Waals surface area contributed by atoms with Gasteiger partial charge in [0.2, 0.25) is 5.91 Å². The van der Waals surface area contributed by atoms with Gasteiger partial charge in [0.1, 0.15) is 0 Å². The van der Waals surface area contributed by atoms with E-state index in [1.165, 1.54) is 21.0 Å². The number of aromatic nitrogens is 1. The number of fused-ring (bicyclic) bond motifs is 2. The first-order valence-electron chi connectivity index (χ1n) is 9.74. The summed E-state index contributed by atoms with van der Waals surface area (Å²) in [6, 6.07) is 16.8. The molecule has 138 valence electrons. The van der Waals surface area contributed by atoms with Crippen LogP contribution in [0.25, 0.3) is 10.2 Å². The number of carbonyl (C=O) groups is 1. The molecule has 1 amide bonds. The molecule has 1 saturated heterocycles. The van der Waals surface area contributed by atoms with Crippen LogP contribution in [-0.2, 0) is 11.2 Å². The number of rotatable bonds is 3. The van der Waals surface area contributed by atoms with E-state index in [0.29, 0.717) is 12.5 Å². The number of amides is 1. The monoisotopic (exact) mass is 377 g/mol. The zero-order chi connectivity index (χ0) is 18.2. The maximum Gasteiger partial charge on any atom is 0.242 e. The number of likely N-dealkylation sites (tertiary alicyclic amines) is 1. The number of benzene rings is 2. The van der Waals surface area contributed by atoms with E-state index in [2.05, 4.69) is 52.3 Å². The van der Waals surface area contributed by atoms with Crippen molar-refractivity contribution >= 4 is 33.1 Å². The van der Waals surface area contributed by atoms with Crippen LogP contribution in [0.5, 0.6) is 0 Å². The van der Waals surface area contributed by atoms with Gasteiger partial charge < -0.3 is 9.80 Å². The number of hydrogen-bond donors (Lipinski definition) is 0. The second-order valence-corrected chi connectivity index (χ2v) is 8.56. The van der Waals surface area contributed by atoms with Gasteiger partial charge in [-0.25, -0.2) is 4.98 Å². The highest BCUT2D eigenvalue weighted by molar-refractivity contribution is 7.18. The molecule has 0 unspecified atom stereocenters. The Morgan fingerprint density at radius 3 is 2.89 bits per heavy atom. The van der Waals surface area contributed by atoms with Gasteiger partial charge in [-0.1, -0.05) is 30.3 Å². The number of carbonyl (C=O) groups excluding carboxylic acids is 1. The van der Waals surface area contributed by atoms with Crippen molar-refractivity contribution in [1.82, 2.24) is 9.88 Å². The summed E-state index contributed by atoms with van der Waals surface area (Å²) < 4.78 is 1.24. The molecule has 1 atom stereocenters. The van der Waals surface area contributed by atoms with Gasteiger partial charge in [0.25, 0.3) is 0 Å². The summed E-state index contributed by atoms with van der Waals surface area (Å²) in [6.45, 7) is 3.10. The molecular weight excluding hydrogens is 354 g/mol. The van der Waals surface area contributed by atoms with Crippen LogP contribution in [0.4, 0.5) is 5.69 Å². The fourth-order valence-corrected chi connectivity index (χ4v) is 5.40. The third-order valence-corrected chi connectivity index (χ3v) is 6.94. The second kappa shape index (κ2) is 6.97. The Morgan fingerprint density at radius 1 is 1.11 bits per heavy atom. The maximum atomic E-state index is 13.0. The van der Waals surface area contributed by atoms with Crippen molar-refractivity contribution in [3.63, 3.8) is 0 Å². The van der Waals surface area contributed by atoms with Crippen molar-refractivity contribution in [2.45, 2.75) is 25.2 Å². The van der Waals surface area contributed by atoms with Crippen molar-refractivity contribution in [3.8, 4) is 0 Å². The first-order valence-corrected chi connectivity index (χ1v) is 10.6. The quantitative estimate of drug-likeness (QED) is 0.690. The molecule has 3 aromatic rings. The van der Waals surface area contributed by atoms with Crippen LogP contribution >= 0.6 is 11.3 Å². The molecule has 0 radical (unpaired) electrons. The minimum Gasteiger partial charge on any atom is -0.362 e. The number of para-hydroxylation sites is 2. The van der Waals surface area contributed by atoms with Crippen LogP contribution in [0, 0.1) is 0 Å². The lowest BCUT2D eigenvalue weighted by Gasteiger charge is -2.33. The van der Waals surface area contributed by atoms with E-state index < -0.39 is 0 Å². The van der Waals surface area contributed by atoms with E-state index in [4.69, 9.17) is 4.98 Å². The van der Waals surface area contributed by atoms with E-state index in [-0.39, 0.29) is 5.91 Å². The lowest BCUT2D eigenvalue weighted by molar-refractivity contribution is -0.130. The van der Waals surface area contributed by atoms with Crippen LogP contribution < -0.4 is 4.90 Å². The Balaban J connectivity index is 1.29. The number of nitrogens with zero attached hydrogens (tertiary/aromatic N) is 3. The molecule has 0 N–H and O–H groups in total. The summed E-state index contributed by atoms with van der Waals surface area (Å²) in [7, 11) is 0. The van der Waals surface area contributed by atoms with Crippen molar-refractivity contribution in [3.05, 3.63) is 59.1 Å². The number of hydrogen-bond acceptors (Lipinski definition) is 4. The summed E-state index contributed by atoms with van der Waals surface area (Å²) in [6.07, 6.45) is 3.22. The molecule has 0 saturated carbocycles. The van der Waals surface area contributed by atoms with Crippen LogP contribution in [0.3, 0.4) is 0 Å². The van der Waals surface area contributed by atoms with E-state index in [9.17, 15) is 4.79 Å². The molecule has 5 rings (SSSR count). The summed E-state index contributed by atoms with van der Waals surface area (Å²) in [5, 5.41) is 1.18. The second-order valence-electron chi connectivity index (χ2n) is 7.50. The summed E-state index contributed by atoms with van der Waals surface area (Å²) in [5.41, 5.74) is 3.66. The van der Waals surface area contributed by atoms with Crippen molar-refractivity contribution in [2.24, 2.45) is 0 Å².